The molecule has 0 aliphatic carbocycles. The molecule has 0 atom stereocenters. The van der Waals surface area contributed by atoms with Crippen LogP contribution >= 0.6 is 22.9 Å². The van der Waals surface area contributed by atoms with Gasteiger partial charge in [0.25, 0.3) is 5.91 Å². The molecule has 0 aliphatic heterocycles. The number of thiophene rings is 1. The fourth-order valence-electron chi connectivity index (χ4n) is 3.05. The van der Waals surface area contributed by atoms with Gasteiger partial charge < -0.3 is 10.6 Å². The average molecular weight is 469 g/mol. The van der Waals surface area contributed by atoms with Crippen molar-refractivity contribution in [1.82, 2.24) is 15.3 Å². The van der Waals surface area contributed by atoms with Crippen molar-refractivity contribution in [3.63, 3.8) is 0 Å². The molecule has 2 heterocycles. The monoisotopic (exact) mass is 468 g/mol. The Morgan fingerprint density at radius 1 is 1.06 bits per heavy atom. The van der Waals surface area contributed by atoms with E-state index in [1.807, 2.05) is 6.07 Å². The molecule has 0 saturated carbocycles. The molecule has 162 valence electrons. The number of anilines is 1. The van der Waals surface area contributed by atoms with Crippen molar-refractivity contribution in [3.05, 3.63) is 86.6 Å². The van der Waals surface area contributed by atoms with Gasteiger partial charge >= 0.3 is 0 Å². The van der Waals surface area contributed by atoms with Crippen molar-refractivity contribution in [1.29, 1.82) is 0 Å². The molecule has 0 spiro atoms. The largest absolute Gasteiger partial charge is 0.365 e. The van der Waals surface area contributed by atoms with Crippen LogP contribution in [-0.2, 0) is 13.1 Å². The molecule has 0 saturated heterocycles. The first-order chi connectivity index (χ1) is 15.4. The number of Topliss-reactive ketones (excluding diaryl/α,β-unsaturated/α-hetero) is 1. The van der Waals surface area contributed by atoms with Gasteiger partial charge in [-0.15, -0.1) is 11.3 Å². The van der Waals surface area contributed by atoms with Crippen LogP contribution in [0.1, 0.15) is 38.3 Å². The van der Waals surface area contributed by atoms with Crippen molar-refractivity contribution >= 4 is 51.3 Å². The van der Waals surface area contributed by atoms with E-state index in [0.717, 1.165) is 10.9 Å². The molecule has 6 nitrogen and oxygen atoms in total. The summed E-state index contributed by atoms with van der Waals surface area (Å²) in [5.74, 6) is 0.284. The van der Waals surface area contributed by atoms with E-state index in [2.05, 4.69) is 20.6 Å². The van der Waals surface area contributed by atoms with Gasteiger partial charge in [-0.2, -0.15) is 0 Å². The van der Waals surface area contributed by atoms with Crippen LogP contribution < -0.4 is 10.6 Å². The molecular formula is C23H18ClFN4O2S. The number of carbonyl (C=O) groups excluding carboxylic acids is 2. The summed E-state index contributed by atoms with van der Waals surface area (Å²) in [6.07, 6.45) is 0. The number of nitrogens with zero attached hydrogens (tertiary/aromatic N) is 2. The maximum atomic E-state index is 13.2. The number of carbonyl (C=O) groups is 2. The van der Waals surface area contributed by atoms with E-state index in [9.17, 15) is 14.0 Å². The predicted octanol–water partition coefficient (Wildman–Crippen LogP) is 5.23. The van der Waals surface area contributed by atoms with Crippen molar-refractivity contribution in [2.75, 3.05) is 5.32 Å². The first-order valence-electron chi connectivity index (χ1n) is 9.71. The zero-order chi connectivity index (χ0) is 22.7. The minimum atomic E-state index is -0.315. The van der Waals surface area contributed by atoms with Crippen LogP contribution in [0.4, 0.5) is 10.2 Å². The molecule has 4 rings (SSSR count). The predicted molar refractivity (Wildman–Crippen MR) is 124 cm³/mol. The van der Waals surface area contributed by atoms with Gasteiger partial charge in [-0.05, 0) is 48.9 Å². The van der Waals surface area contributed by atoms with Gasteiger partial charge in [0.15, 0.2) is 11.6 Å². The van der Waals surface area contributed by atoms with Crippen LogP contribution in [0.5, 0.6) is 0 Å². The number of amides is 1. The van der Waals surface area contributed by atoms with E-state index in [0.29, 0.717) is 39.2 Å². The molecule has 0 unspecified atom stereocenters. The van der Waals surface area contributed by atoms with Crippen molar-refractivity contribution in [2.24, 2.45) is 0 Å². The van der Waals surface area contributed by atoms with Crippen LogP contribution in [0.25, 0.3) is 10.9 Å². The number of nitrogens with one attached hydrogen (secondary N) is 2. The second-order valence-electron chi connectivity index (χ2n) is 7.07. The Labute approximate surface area is 192 Å². The summed E-state index contributed by atoms with van der Waals surface area (Å²) < 4.78 is 13.2. The SMILES string of the molecule is CC(=O)c1cc(C(=O)NCc2nc(NCc3ccc(F)cc3)c3ccc(Cl)cc3n2)cs1. The number of rotatable bonds is 7. The van der Waals surface area contributed by atoms with Gasteiger partial charge in [0.05, 0.1) is 22.5 Å². The lowest BCUT2D eigenvalue weighted by molar-refractivity contribution is 0.0950. The number of benzene rings is 2. The molecule has 0 bridgehead atoms. The van der Waals surface area contributed by atoms with Crippen LogP contribution in [-0.4, -0.2) is 21.7 Å². The number of hydrogen-bond acceptors (Lipinski definition) is 6. The topological polar surface area (TPSA) is 84.0 Å². The zero-order valence-electron chi connectivity index (χ0n) is 17.0. The van der Waals surface area contributed by atoms with E-state index in [1.54, 1.807) is 35.7 Å². The molecule has 0 aliphatic rings. The smallest absolute Gasteiger partial charge is 0.252 e. The quantitative estimate of drug-likeness (QED) is 0.363. The summed E-state index contributed by atoms with van der Waals surface area (Å²) in [5, 5.41) is 8.98. The molecule has 9 heteroatoms. The van der Waals surface area contributed by atoms with Crippen molar-refractivity contribution in [2.45, 2.75) is 20.0 Å². The molecule has 0 fully saturated rings. The third kappa shape index (κ3) is 5.09. The molecule has 4 aromatic rings. The van der Waals surface area contributed by atoms with Gasteiger partial charge in [-0.25, -0.2) is 14.4 Å². The third-order valence-corrected chi connectivity index (χ3v) is 5.96. The summed E-state index contributed by atoms with van der Waals surface area (Å²) in [5.41, 5.74) is 1.94. The molecule has 2 aromatic carbocycles. The van der Waals surface area contributed by atoms with E-state index >= 15 is 0 Å². The highest BCUT2D eigenvalue weighted by Crippen LogP contribution is 2.24. The van der Waals surface area contributed by atoms with Crippen LogP contribution in [0.3, 0.4) is 0 Å². The average Bonchev–Trinajstić information content (AvgIpc) is 3.27. The van der Waals surface area contributed by atoms with Gasteiger partial charge in [0.1, 0.15) is 11.6 Å². The lowest BCUT2D eigenvalue weighted by Crippen LogP contribution is -2.23. The molecule has 2 aromatic heterocycles. The number of aromatic nitrogens is 2. The summed E-state index contributed by atoms with van der Waals surface area (Å²) >= 11 is 7.36. The molecule has 2 N–H and O–H groups in total. The zero-order valence-corrected chi connectivity index (χ0v) is 18.6. The van der Waals surface area contributed by atoms with E-state index < -0.39 is 0 Å². The fraction of sp³-hybridized carbons (Fsp3) is 0.130. The maximum Gasteiger partial charge on any atom is 0.252 e. The highest BCUT2D eigenvalue weighted by molar-refractivity contribution is 7.12. The lowest BCUT2D eigenvalue weighted by atomic mass is 10.2. The molecular weight excluding hydrogens is 451 g/mol. The van der Waals surface area contributed by atoms with Crippen molar-refractivity contribution in [3.8, 4) is 0 Å². The number of fused-ring (bicyclic) bond motifs is 1. The Hall–Kier alpha value is -3.36. The Kier molecular flexibility index (Phi) is 6.43. The van der Waals surface area contributed by atoms with Crippen LogP contribution in [0, 0.1) is 5.82 Å². The second kappa shape index (κ2) is 9.42. The molecule has 0 radical (unpaired) electrons. The highest BCUT2D eigenvalue weighted by Gasteiger charge is 2.13. The number of ketones is 1. The minimum absolute atomic E-state index is 0.0827. The molecule has 32 heavy (non-hydrogen) atoms. The summed E-state index contributed by atoms with van der Waals surface area (Å²) in [7, 11) is 0. The number of halogens is 2. The third-order valence-electron chi connectivity index (χ3n) is 4.69. The highest BCUT2D eigenvalue weighted by atomic mass is 35.5. The number of hydrogen-bond donors (Lipinski definition) is 2. The minimum Gasteiger partial charge on any atom is -0.365 e. The van der Waals surface area contributed by atoms with Gasteiger partial charge in [0, 0.05) is 22.3 Å². The first-order valence-corrected chi connectivity index (χ1v) is 11.0. The normalized spacial score (nSPS) is 10.8. The van der Waals surface area contributed by atoms with Gasteiger partial charge in [0.2, 0.25) is 0 Å². The van der Waals surface area contributed by atoms with Crippen molar-refractivity contribution < 1.29 is 14.0 Å². The van der Waals surface area contributed by atoms with Crippen LogP contribution in [0.15, 0.2) is 53.9 Å². The Bertz CT molecular complexity index is 1310. The summed E-state index contributed by atoms with van der Waals surface area (Å²) in [4.78, 5) is 33.5. The summed E-state index contributed by atoms with van der Waals surface area (Å²) in [6.45, 7) is 1.99. The van der Waals surface area contributed by atoms with Gasteiger partial charge in [-0.1, -0.05) is 23.7 Å². The second-order valence-corrected chi connectivity index (χ2v) is 8.42. The van der Waals surface area contributed by atoms with Gasteiger partial charge in [-0.3, -0.25) is 9.59 Å². The maximum absolute atomic E-state index is 13.2. The standard InChI is InChI=1S/C23H18ClFN4O2S/c1-13(30)20-8-15(12-32-20)23(31)27-11-21-28-19-9-16(24)4-7-18(19)22(29-21)26-10-14-2-5-17(25)6-3-14/h2-9,12H,10-11H2,1H3,(H,27,31)(H,26,28,29). The Morgan fingerprint density at radius 2 is 1.84 bits per heavy atom. The molecule has 1 amide bonds. The lowest BCUT2D eigenvalue weighted by Gasteiger charge is -2.12. The van der Waals surface area contributed by atoms with E-state index in [1.165, 1.54) is 30.4 Å². The van der Waals surface area contributed by atoms with E-state index in [-0.39, 0.29) is 24.1 Å². The van der Waals surface area contributed by atoms with Crippen LogP contribution in [0.2, 0.25) is 5.02 Å². The summed E-state index contributed by atoms with van der Waals surface area (Å²) in [6, 6.07) is 13.1. The Morgan fingerprint density at radius 3 is 2.56 bits per heavy atom. The Balaban J connectivity index is 1.54. The van der Waals surface area contributed by atoms with E-state index in [4.69, 9.17) is 11.6 Å². The first kappa shape index (κ1) is 21.9. The fourth-order valence-corrected chi connectivity index (χ4v) is 4.01.